The van der Waals surface area contributed by atoms with Crippen molar-refractivity contribution in [2.75, 3.05) is 0 Å². The number of rotatable bonds is 6. The standard InChI is InChI=1S/C37H41N2O.C12H10N.Ir/c1-21(2)27-10-8-11-28(22(3)4)35(27)33-15-14-30-29-12-9-13-31(36(29)40-37(30)39-33)34-19-32(25(7)20-38-34)26-17-23(5)16-24(6)18-26;1-10-7-8-12(13-9-10)11-5-3-2-4-6-11;/h8-12,14-15,19-24,26H,16-18H2,1-7H3;2-5,7-9H,1H3;/q2*-1;/i7D3,21D,22D,26D;1D3;. The molecule has 5 heteroatoms. The number of nitrogens with zero attached hydrogens (tertiary/aromatic N) is 3. The summed E-state index contributed by atoms with van der Waals surface area (Å²) in [6.07, 6.45) is 5.00. The van der Waals surface area contributed by atoms with Crippen molar-refractivity contribution in [1.29, 1.82) is 0 Å². The van der Waals surface area contributed by atoms with E-state index in [9.17, 15) is 1.37 Å². The van der Waals surface area contributed by atoms with Crippen LogP contribution in [0.1, 0.15) is 119 Å². The van der Waals surface area contributed by atoms with Crippen molar-refractivity contribution < 1.29 is 36.9 Å². The van der Waals surface area contributed by atoms with E-state index in [2.05, 4.69) is 35.9 Å². The summed E-state index contributed by atoms with van der Waals surface area (Å²) in [5, 5.41) is 1.62. The minimum atomic E-state index is -2.40. The molecule has 2 unspecified atom stereocenters. The molecule has 1 saturated carbocycles. The van der Waals surface area contributed by atoms with Gasteiger partial charge in [-0.25, -0.2) is 4.98 Å². The van der Waals surface area contributed by atoms with Gasteiger partial charge in [-0.05, 0) is 114 Å². The summed E-state index contributed by atoms with van der Waals surface area (Å²) in [7, 11) is 0. The second kappa shape index (κ2) is 16.9. The first kappa shape index (κ1) is 28.9. The van der Waals surface area contributed by atoms with Crippen molar-refractivity contribution in [2.45, 2.75) is 92.2 Å². The maximum atomic E-state index is 9.53. The van der Waals surface area contributed by atoms with E-state index in [1.165, 1.54) is 12.4 Å². The van der Waals surface area contributed by atoms with E-state index < -0.39 is 31.4 Å². The summed E-state index contributed by atoms with van der Waals surface area (Å²) in [6, 6.07) is 32.2. The van der Waals surface area contributed by atoms with Gasteiger partial charge in [-0.1, -0.05) is 88.9 Å². The van der Waals surface area contributed by atoms with E-state index in [1.807, 2.05) is 82.3 Å². The summed E-state index contributed by atoms with van der Waals surface area (Å²) < 4.78 is 80.1. The molecule has 8 rings (SSSR count). The molecule has 7 aromatic rings. The zero-order valence-electron chi connectivity index (χ0n) is 40.6. The molecule has 1 fully saturated rings. The molecule has 0 amide bonds. The Kier molecular flexibility index (Phi) is 9.07. The van der Waals surface area contributed by atoms with Crippen molar-refractivity contribution in [1.82, 2.24) is 15.0 Å². The molecule has 1 aliphatic rings. The Morgan fingerprint density at radius 2 is 1.50 bits per heavy atom. The van der Waals surface area contributed by atoms with Gasteiger partial charge in [0.25, 0.3) is 0 Å². The molecular formula is C49H51IrN3O-2. The summed E-state index contributed by atoms with van der Waals surface area (Å²) in [5.41, 5.74) is 7.45. The van der Waals surface area contributed by atoms with E-state index in [1.54, 1.807) is 30.3 Å². The van der Waals surface area contributed by atoms with Crippen LogP contribution in [-0.4, -0.2) is 15.0 Å². The number of hydrogen-bond acceptors (Lipinski definition) is 4. The second-order valence-electron chi connectivity index (χ2n) is 14.8. The largest absolute Gasteiger partial charge is 0.486 e. The molecule has 4 aromatic heterocycles. The Hall–Kier alpha value is -4.44. The fourth-order valence-electron chi connectivity index (χ4n) is 7.60. The zero-order valence-corrected chi connectivity index (χ0v) is 34.0. The Labute approximate surface area is 347 Å². The van der Waals surface area contributed by atoms with Gasteiger partial charge in [0, 0.05) is 55.8 Å². The fourth-order valence-corrected chi connectivity index (χ4v) is 7.60. The van der Waals surface area contributed by atoms with Crippen LogP contribution < -0.4 is 0 Å². The van der Waals surface area contributed by atoms with Gasteiger partial charge < -0.3 is 14.4 Å². The van der Waals surface area contributed by atoms with Crippen LogP contribution in [-0.2, 0) is 20.1 Å². The number of aryl methyl sites for hydroxylation is 2. The molecule has 0 aliphatic heterocycles. The topological polar surface area (TPSA) is 51.8 Å². The predicted molar refractivity (Wildman–Crippen MR) is 220 cm³/mol. The van der Waals surface area contributed by atoms with E-state index in [0.717, 1.165) is 45.1 Å². The van der Waals surface area contributed by atoms with E-state index in [0.29, 0.717) is 58.5 Å². The fraction of sp³-hybridized carbons (Fsp3) is 0.327. The zero-order chi connectivity index (χ0) is 45.0. The van der Waals surface area contributed by atoms with Crippen LogP contribution in [0.5, 0.6) is 0 Å². The Morgan fingerprint density at radius 1 is 0.759 bits per heavy atom. The van der Waals surface area contributed by atoms with Crippen molar-refractivity contribution >= 4 is 22.1 Å². The van der Waals surface area contributed by atoms with Crippen LogP contribution >= 0.6 is 0 Å². The van der Waals surface area contributed by atoms with Gasteiger partial charge in [-0.15, -0.1) is 54.1 Å². The third-order valence-corrected chi connectivity index (χ3v) is 9.98. The molecular weight excluding hydrogens is 839 g/mol. The second-order valence-corrected chi connectivity index (χ2v) is 14.8. The smallest absolute Gasteiger partial charge is 0.216 e. The number of pyridine rings is 3. The molecule has 2 atom stereocenters. The molecule has 1 aliphatic carbocycles. The third-order valence-electron chi connectivity index (χ3n) is 9.98. The van der Waals surface area contributed by atoms with E-state index in [-0.39, 0.29) is 31.2 Å². The Bertz CT molecular complexity index is 2680. The van der Waals surface area contributed by atoms with Crippen molar-refractivity contribution in [3.8, 4) is 33.8 Å². The molecule has 0 spiro atoms. The maximum Gasteiger partial charge on any atom is 0.216 e. The Morgan fingerprint density at radius 3 is 2.15 bits per heavy atom. The van der Waals surface area contributed by atoms with Crippen LogP contribution in [0.15, 0.2) is 102 Å². The van der Waals surface area contributed by atoms with Gasteiger partial charge in [0.1, 0.15) is 0 Å². The minimum Gasteiger partial charge on any atom is -0.486 e. The average molecular weight is 899 g/mol. The van der Waals surface area contributed by atoms with Gasteiger partial charge in [0.15, 0.2) is 0 Å². The summed E-state index contributed by atoms with van der Waals surface area (Å²) >= 11 is 0. The molecule has 3 aromatic carbocycles. The molecule has 279 valence electrons. The summed E-state index contributed by atoms with van der Waals surface area (Å²) in [5.74, 6) is -2.27. The monoisotopic (exact) mass is 899 g/mol. The normalized spacial score (nSPS) is 21.7. The minimum absolute atomic E-state index is 0. The third kappa shape index (κ3) is 8.28. The Balaban J connectivity index is 0.000000327. The van der Waals surface area contributed by atoms with Crippen LogP contribution in [0.3, 0.4) is 0 Å². The van der Waals surface area contributed by atoms with Crippen LogP contribution in [0.2, 0.25) is 0 Å². The first-order chi connectivity index (χ1) is 28.9. The van der Waals surface area contributed by atoms with Crippen LogP contribution in [0.4, 0.5) is 0 Å². The molecule has 0 saturated heterocycles. The maximum absolute atomic E-state index is 9.53. The number of benzene rings is 3. The van der Waals surface area contributed by atoms with Crippen molar-refractivity contribution in [2.24, 2.45) is 11.8 Å². The first-order valence-electron chi connectivity index (χ1n) is 22.8. The average Bonchev–Trinajstić information content (AvgIpc) is 3.57. The van der Waals surface area contributed by atoms with Gasteiger partial charge in [0.2, 0.25) is 5.71 Å². The van der Waals surface area contributed by atoms with Gasteiger partial charge >= 0.3 is 0 Å². The van der Waals surface area contributed by atoms with Gasteiger partial charge in [-0.3, -0.25) is 0 Å². The van der Waals surface area contributed by atoms with Crippen molar-refractivity contribution in [3.05, 3.63) is 137 Å². The summed E-state index contributed by atoms with van der Waals surface area (Å²) in [4.78, 5) is 13.7. The van der Waals surface area contributed by atoms with Gasteiger partial charge in [0.05, 0.1) is 11.3 Å². The SMILES string of the molecule is [2H]C([2H])([2H])c1ccc(-c2[c-]cccc2)nc1.[2H]C([2H])([2H])c1cnc(-c2[c-]ccc3c2oc2nc(-c4c(C([2H])(C)C)cccc4C([2H])(C)C)ccc23)cc1C1([2H])CC(C)CC(C)C1.[Ir]. The molecule has 1 radical (unpaired) electrons. The van der Waals surface area contributed by atoms with E-state index >= 15 is 0 Å². The predicted octanol–water partition coefficient (Wildman–Crippen LogP) is 13.5. The van der Waals surface area contributed by atoms with E-state index in [4.69, 9.17) is 20.4 Å². The quantitative estimate of drug-likeness (QED) is 0.156. The molecule has 4 heterocycles. The van der Waals surface area contributed by atoms with Crippen LogP contribution in [0.25, 0.3) is 55.8 Å². The molecule has 54 heavy (non-hydrogen) atoms. The van der Waals surface area contributed by atoms with Crippen molar-refractivity contribution in [3.63, 3.8) is 0 Å². The number of furan rings is 1. The number of hydrogen-bond donors (Lipinski definition) is 0. The molecule has 4 nitrogen and oxygen atoms in total. The molecule has 0 bridgehead atoms. The summed E-state index contributed by atoms with van der Waals surface area (Å²) in [6.45, 7) is 7.13. The first-order valence-corrected chi connectivity index (χ1v) is 18.3. The molecule has 0 N–H and O–H groups in total. The number of fused-ring (bicyclic) bond motifs is 3. The van der Waals surface area contributed by atoms with Gasteiger partial charge in [-0.2, -0.15) is 0 Å². The van der Waals surface area contributed by atoms with Crippen LogP contribution in [0, 0.1) is 37.7 Å². The number of aromatic nitrogens is 3.